The third-order valence-electron chi connectivity index (χ3n) is 4.31. The van der Waals surface area contributed by atoms with Gasteiger partial charge in [-0.2, -0.15) is 0 Å². The fourth-order valence-electron chi connectivity index (χ4n) is 2.71. The minimum atomic E-state index is -0.908. The van der Waals surface area contributed by atoms with Crippen LogP contribution >= 0.6 is 0 Å². The molecular weight excluding hydrogens is 346 g/mol. The molecule has 1 N–H and O–H groups in total. The Hall–Kier alpha value is -2.08. The molecule has 0 fully saturated rings. The lowest BCUT2D eigenvalue weighted by Crippen LogP contribution is -2.43. The zero-order chi connectivity index (χ0) is 20.3. The van der Waals surface area contributed by atoms with Crippen LogP contribution in [-0.2, 0) is 14.3 Å². The van der Waals surface area contributed by atoms with E-state index in [4.69, 9.17) is 14.2 Å². The number of nitrogens with one attached hydrogen (secondary N) is 1. The number of esters is 1. The zero-order valence-corrected chi connectivity index (χ0v) is 17.2. The molecule has 0 saturated heterocycles. The van der Waals surface area contributed by atoms with Crippen molar-refractivity contribution >= 4 is 17.6 Å². The Bertz CT molecular complexity index is 617. The predicted molar refractivity (Wildman–Crippen MR) is 106 cm³/mol. The molecule has 0 aliphatic rings. The second kappa shape index (κ2) is 11.6. The van der Waals surface area contributed by atoms with E-state index in [2.05, 4.69) is 12.2 Å². The van der Waals surface area contributed by atoms with Crippen LogP contribution in [0.3, 0.4) is 0 Å². The standard InChI is InChI=1S/C21H33NO5/c1-6-9-10-13-21(4,27-14-7-2)20(24)22-16-11-12-18(26-8-3)17(15-16)19(23)25-5/h11-12,15H,6-10,13-14H2,1-5H3,(H,22,24). The Labute approximate surface area is 162 Å². The molecule has 1 aromatic carbocycles. The van der Waals surface area contributed by atoms with Gasteiger partial charge < -0.3 is 19.5 Å². The van der Waals surface area contributed by atoms with E-state index in [0.717, 1.165) is 25.7 Å². The van der Waals surface area contributed by atoms with Crippen molar-refractivity contribution < 1.29 is 23.8 Å². The molecule has 0 aliphatic carbocycles. The van der Waals surface area contributed by atoms with Gasteiger partial charge in [-0.05, 0) is 44.9 Å². The van der Waals surface area contributed by atoms with Crippen LogP contribution in [0.5, 0.6) is 5.75 Å². The fourth-order valence-corrected chi connectivity index (χ4v) is 2.71. The van der Waals surface area contributed by atoms with Gasteiger partial charge in [0.15, 0.2) is 0 Å². The lowest BCUT2D eigenvalue weighted by molar-refractivity contribution is -0.140. The molecule has 1 unspecified atom stereocenters. The monoisotopic (exact) mass is 379 g/mol. The minimum Gasteiger partial charge on any atom is -0.493 e. The SMILES string of the molecule is CCCCCC(C)(OCCC)C(=O)Nc1ccc(OCC)c(C(=O)OC)c1. The number of rotatable bonds is 12. The molecule has 1 amide bonds. The van der Waals surface area contributed by atoms with Gasteiger partial charge in [-0.1, -0.05) is 33.1 Å². The van der Waals surface area contributed by atoms with E-state index < -0.39 is 11.6 Å². The number of carbonyl (C=O) groups excluding carboxylic acids is 2. The number of hydrogen-bond acceptors (Lipinski definition) is 5. The summed E-state index contributed by atoms with van der Waals surface area (Å²) < 4.78 is 16.2. The largest absolute Gasteiger partial charge is 0.493 e. The smallest absolute Gasteiger partial charge is 0.341 e. The molecule has 6 nitrogen and oxygen atoms in total. The quantitative estimate of drug-likeness (QED) is 0.425. The number of methoxy groups -OCH3 is 1. The predicted octanol–water partition coefficient (Wildman–Crippen LogP) is 4.58. The van der Waals surface area contributed by atoms with Crippen molar-refractivity contribution in [1.29, 1.82) is 0 Å². The van der Waals surface area contributed by atoms with Crippen molar-refractivity contribution in [2.24, 2.45) is 0 Å². The highest BCUT2D eigenvalue weighted by atomic mass is 16.5. The van der Waals surface area contributed by atoms with Gasteiger partial charge in [0, 0.05) is 12.3 Å². The first kappa shape index (κ1) is 23.0. The number of anilines is 1. The van der Waals surface area contributed by atoms with E-state index in [0.29, 0.717) is 31.1 Å². The molecule has 0 spiro atoms. The highest BCUT2D eigenvalue weighted by Crippen LogP contribution is 2.26. The first-order valence-corrected chi connectivity index (χ1v) is 9.72. The molecule has 1 atom stereocenters. The summed E-state index contributed by atoms with van der Waals surface area (Å²) in [5.41, 5.74) is -0.125. The maximum Gasteiger partial charge on any atom is 0.341 e. The minimum absolute atomic E-state index is 0.216. The van der Waals surface area contributed by atoms with Crippen molar-refractivity contribution in [3.8, 4) is 5.75 Å². The number of benzene rings is 1. The van der Waals surface area contributed by atoms with Gasteiger partial charge in [0.25, 0.3) is 5.91 Å². The van der Waals surface area contributed by atoms with Gasteiger partial charge >= 0.3 is 5.97 Å². The second-order valence-corrected chi connectivity index (χ2v) is 6.63. The molecular formula is C21H33NO5. The van der Waals surface area contributed by atoms with Crippen molar-refractivity contribution in [3.63, 3.8) is 0 Å². The van der Waals surface area contributed by atoms with E-state index in [1.165, 1.54) is 7.11 Å². The van der Waals surface area contributed by atoms with E-state index >= 15 is 0 Å². The van der Waals surface area contributed by atoms with Crippen LogP contribution < -0.4 is 10.1 Å². The Morgan fingerprint density at radius 2 is 1.85 bits per heavy atom. The Balaban J connectivity index is 3.00. The molecule has 0 radical (unpaired) electrons. The van der Waals surface area contributed by atoms with Crippen LogP contribution in [0.4, 0.5) is 5.69 Å². The molecule has 1 aromatic rings. The second-order valence-electron chi connectivity index (χ2n) is 6.63. The highest BCUT2D eigenvalue weighted by molar-refractivity contribution is 5.99. The first-order chi connectivity index (χ1) is 12.9. The van der Waals surface area contributed by atoms with Gasteiger partial charge in [-0.15, -0.1) is 0 Å². The molecule has 0 aromatic heterocycles. The van der Waals surface area contributed by atoms with E-state index in [1.54, 1.807) is 18.2 Å². The number of ether oxygens (including phenoxy) is 3. The molecule has 6 heteroatoms. The third-order valence-corrected chi connectivity index (χ3v) is 4.31. The maximum absolute atomic E-state index is 12.9. The van der Waals surface area contributed by atoms with Crippen LogP contribution in [0.25, 0.3) is 0 Å². The number of amides is 1. The summed E-state index contributed by atoms with van der Waals surface area (Å²) >= 11 is 0. The summed E-state index contributed by atoms with van der Waals surface area (Å²) in [6, 6.07) is 4.94. The van der Waals surface area contributed by atoms with Gasteiger partial charge in [0.1, 0.15) is 16.9 Å². The normalized spacial score (nSPS) is 12.9. The van der Waals surface area contributed by atoms with Gasteiger partial charge in [-0.3, -0.25) is 4.79 Å². The summed E-state index contributed by atoms with van der Waals surface area (Å²) in [5, 5.41) is 2.88. The summed E-state index contributed by atoms with van der Waals surface area (Å²) in [6.45, 7) is 8.74. The number of unbranched alkanes of at least 4 members (excludes halogenated alkanes) is 2. The van der Waals surface area contributed by atoms with E-state index in [-0.39, 0.29) is 11.5 Å². The summed E-state index contributed by atoms with van der Waals surface area (Å²) in [6.07, 6.45) is 4.53. The maximum atomic E-state index is 12.9. The van der Waals surface area contributed by atoms with Crippen LogP contribution in [0.15, 0.2) is 18.2 Å². The fraction of sp³-hybridized carbons (Fsp3) is 0.619. The topological polar surface area (TPSA) is 73.9 Å². The van der Waals surface area contributed by atoms with Crippen LogP contribution in [-0.4, -0.2) is 37.8 Å². The van der Waals surface area contributed by atoms with E-state index in [1.807, 2.05) is 20.8 Å². The molecule has 0 bridgehead atoms. The van der Waals surface area contributed by atoms with Gasteiger partial charge in [-0.25, -0.2) is 4.79 Å². The van der Waals surface area contributed by atoms with E-state index in [9.17, 15) is 9.59 Å². The van der Waals surface area contributed by atoms with Gasteiger partial charge in [0.2, 0.25) is 0 Å². The molecule has 152 valence electrons. The summed E-state index contributed by atoms with van der Waals surface area (Å²) in [7, 11) is 1.31. The van der Waals surface area contributed by atoms with Crippen molar-refractivity contribution in [3.05, 3.63) is 23.8 Å². The zero-order valence-electron chi connectivity index (χ0n) is 17.2. The van der Waals surface area contributed by atoms with Crippen LogP contribution in [0.2, 0.25) is 0 Å². The summed E-state index contributed by atoms with van der Waals surface area (Å²) in [4.78, 5) is 24.9. The van der Waals surface area contributed by atoms with Gasteiger partial charge in [0.05, 0.1) is 13.7 Å². The third kappa shape index (κ3) is 6.86. The first-order valence-electron chi connectivity index (χ1n) is 9.72. The Morgan fingerprint density at radius 1 is 1.11 bits per heavy atom. The molecule has 27 heavy (non-hydrogen) atoms. The molecule has 0 aliphatic heterocycles. The van der Waals surface area contributed by atoms with Crippen LogP contribution in [0, 0.1) is 0 Å². The lowest BCUT2D eigenvalue weighted by Gasteiger charge is -2.29. The number of hydrogen-bond donors (Lipinski definition) is 1. The Kier molecular flexibility index (Phi) is 9.86. The lowest BCUT2D eigenvalue weighted by atomic mass is 9.96. The average molecular weight is 379 g/mol. The summed E-state index contributed by atoms with van der Waals surface area (Å²) in [5.74, 6) is -0.301. The average Bonchev–Trinajstić information content (AvgIpc) is 2.67. The molecule has 1 rings (SSSR count). The van der Waals surface area contributed by atoms with Crippen LogP contribution in [0.1, 0.15) is 70.2 Å². The highest BCUT2D eigenvalue weighted by Gasteiger charge is 2.33. The van der Waals surface area contributed by atoms with Crippen molar-refractivity contribution in [2.45, 2.75) is 65.4 Å². The van der Waals surface area contributed by atoms with Crippen molar-refractivity contribution in [2.75, 3.05) is 25.6 Å². The molecule has 0 saturated carbocycles. The number of carbonyl (C=O) groups is 2. The van der Waals surface area contributed by atoms with Crippen molar-refractivity contribution in [1.82, 2.24) is 0 Å². The Morgan fingerprint density at radius 3 is 2.44 bits per heavy atom. The molecule has 0 heterocycles.